The van der Waals surface area contributed by atoms with Gasteiger partial charge in [0.15, 0.2) is 11.5 Å². The van der Waals surface area contributed by atoms with E-state index in [0.717, 1.165) is 11.3 Å². The van der Waals surface area contributed by atoms with Crippen molar-refractivity contribution in [1.29, 1.82) is 0 Å². The van der Waals surface area contributed by atoms with Crippen LogP contribution in [0.2, 0.25) is 0 Å². The molecule has 7 nitrogen and oxygen atoms in total. The smallest absolute Gasteiger partial charge is 0.276 e. The van der Waals surface area contributed by atoms with Crippen molar-refractivity contribution >= 4 is 0 Å². The Labute approximate surface area is 168 Å². The standard InChI is InChI=1S/C22H22N4O3/c1-13(2)14-8-10-15(11-9-14)17-12-18(25-24-17)22-23-21(26-29-22)16-6-5-7-19(27-3)20(16)28-4/h5-13H,1-4H3,(H,24,25). The van der Waals surface area contributed by atoms with Crippen molar-refractivity contribution in [2.24, 2.45) is 0 Å². The molecule has 7 heteroatoms. The Bertz CT molecular complexity index is 1110. The second-order valence-electron chi connectivity index (χ2n) is 6.91. The van der Waals surface area contributed by atoms with Crippen molar-refractivity contribution < 1.29 is 14.0 Å². The van der Waals surface area contributed by atoms with E-state index in [-0.39, 0.29) is 0 Å². The zero-order valence-electron chi connectivity index (χ0n) is 16.8. The van der Waals surface area contributed by atoms with Crippen molar-refractivity contribution in [3.05, 3.63) is 54.1 Å². The predicted molar refractivity (Wildman–Crippen MR) is 110 cm³/mol. The quantitative estimate of drug-likeness (QED) is 0.502. The maximum atomic E-state index is 5.46. The van der Waals surface area contributed by atoms with Gasteiger partial charge in [0.1, 0.15) is 5.69 Å². The van der Waals surface area contributed by atoms with E-state index in [1.54, 1.807) is 14.2 Å². The monoisotopic (exact) mass is 390 g/mol. The fourth-order valence-corrected chi connectivity index (χ4v) is 3.12. The number of aromatic amines is 1. The summed E-state index contributed by atoms with van der Waals surface area (Å²) in [5, 5.41) is 11.4. The van der Waals surface area contributed by atoms with Crippen LogP contribution in [0.1, 0.15) is 25.3 Å². The highest BCUT2D eigenvalue weighted by Gasteiger charge is 2.19. The van der Waals surface area contributed by atoms with Crippen LogP contribution in [0.15, 0.2) is 53.1 Å². The number of para-hydroxylation sites is 1. The van der Waals surface area contributed by atoms with E-state index in [1.165, 1.54) is 5.56 Å². The molecule has 0 aliphatic rings. The summed E-state index contributed by atoms with van der Waals surface area (Å²) in [6, 6.07) is 15.8. The van der Waals surface area contributed by atoms with Gasteiger partial charge in [-0.25, -0.2) is 0 Å². The summed E-state index contributed by atoms with van der Waals surface area (Å²) < 4.78 is 16.2. The molecule has 1 N–H and O–H groups in total. The lowest BCUT2D eigenvalue weighted by Gasteiger charge is -2.09. The third-order valence-corrected chi connectivity index (χ3v) is 4.75. The number of hydrogen-bond donors (Lipinski definition) is 1. The molecule has 2 aromatic heterocycles. The molecule has 4 aromatic rings. The topological polar surface area (TPSA) is 86.1 Å². The first-order valence-electron chi connectivity index (χ1n) is 9.32. The maximum Gasteiger partial charge on any atom is 0.276 e. The van der Waals surface area contributed by atoms with Gasteiger partial charge >= 0.3 is 0 Å². The number of methoxy groups -OCH3 is 2. The molecule has 2 aromatic carbocycles. The second-order valence-corrected chi connectivity index (χ2v) is 6.91. The molecule has 0 atom stereocenters. The summed E-state index contributed by atoms with van der Waals surface area (Å²) in [5.41, 5.74) is 4.46. The molecule has 2 heterocycles. The zero-order valence-corrected chi connectivity index (χ0v) is 16.8. The third kappa shape index (κ3) is 3.59. The highest BCUT2D eigenvalue weighted by Crippen LogP contribution is 2.37. The van der Waals surface area contributed by atoms with E-state index >= 15 is 0 Å². The molecule has 148 valence electrons. The number of hydrogen-bond acceptors (Lipinski definition) is 6. The minimum atomic E-state index is 0.349. The SMILES string of the molecule is COc1cccc(-c2noc(-c3cc(-c4ccc(C(C)C)cc4)n[nH]3)n2)c1OC. The van der Waals surface area contributed by atoms with Crippen LogP contribution in [-0.4, -0.2) is 34.6 Å². The summed E-state index contributed by atoms with van der Waals surface area (Å²) in [7, 11) is 3.16. The van der Waals surface area contributed by atoms with Crippen LogP contribution in [0.5, 0.6) is 11.5 Å². The lowest BCUT2D eigenvalue weighted by Crippen LogP contribution is -1.94. The molecule has 29 heavy (non-hydrogen) atoms. The first kappa shape index (κ1) is 18.7. The number of nitrogens with one attached hydrogen (secondary N) is 1. The molecule has 0 unspecified atom stereocenters. The third-order valence-electron chi connectivity index (χ3n) is 4.75. The first-order chi connectivity index (χ1) is 14.1. The highest BCUT2D eigenvalue weighted by atomic mass is 16.5. The number of aromatic nitrogens is 4. The van der Waals surface area contributed by atoms with Crippen LogP contribution in [0.4, 0.5) is 0 Å². The van der Waals surface area contributed by atoms with Gasteiger partial charge in [-0.1, -0.05) is 49.3 Å². The lowest BCUT2D eigenvalue weighted by molar-refractivity contribution is 0.355. The number of benzene rings is 2. The average Bonchev–Trinajstić information content (AvgIpc) is 3.42. The second kappa shape index (κ2) is 7.79. The van der Waals surface area contributed by atoms with Crippen molar-refractivity contribution in [2.75, 3.05) is 14.2 Å². The van der Waals surface area contributed by atoms with Crippen LogP contribution in [0.25, 0.3) is 34.2 Å². The lowest BCUT2D eigenvalue weighted by atomic mass is 10.0. The van der Waals surface area contributed by atoms with E-state index in [9.17, 15) is 0 Å². The van der Waals surface area contributed by atoms with Gasteiger partial charge in [0.05, 0.1) is 25.5 Å². The van der Waals surface area contributed by atoms with Gasteiger partial charge < -0.3 is 14.0 Å². The first-order valence-corrected chi connectivity index (χ1v) is 9.32. The Kier molecular flexibility index (Phi) is 5.03. The number of nitrogens with zero attached hydrogens (tertiary/aromatic N) is 3. The van der Waals surface area contributed by atoms with E-state index in [2.05, 4.69) is 58.5 Å². The summed E-state index contributed by atoms with van der Waals surface area (Å²) in [6.07, 6.45) is 0. The molecule has 0 amide bonds. The molecule has 4 rings (SSSR count). The van der Waals surface area contributed by atoms with Gasteiger partial charge in [-0.2, -0.15) is 10.1 Å². The average molecular weight is 390 g/mol. The minimum absolute atomic E-state index is 0.349. The van der Waals surface area contributed by atoms with E-state index in [4.69, 9.17) is 14.0 Å². The Morgan fingerprint density at radius 1 is 1.00 bits per heavy atom. The molecule has 0 bridgehead atoms. The van der Waals surface area contributed by atoms with Crippen LogP contribution in [0.3, 0.4) is 0 Å². The van der Waals surface area contributed by atoms with E-state index in [0.29, 0.717) is 40.4 Å². The van der Waals surface area contributed by atoms with Gasteiger partial charge in [-0.15, -0.1) is 0 Å². The van der Waals surface area contributed by atoms with Gasteiger partial charge in [0.2, 0.25) is 5.82 Å². The fourth-order valence-electron chi connectivity index (χ4n) is 3.12. The Balaban J connectivity index is 1.63. The number of rotatable bonds is 6. The van der Waals surface area contributed by atoms with Crippen molar-refractivity contribution in [1.82, 2.24) is 20.3 Å². The Hall–Kier alpha value is -3.61. The molecule has 0 radical (unpaired) electrons. The summed E-state index contributed by atoms with van der Waals surface area (Å²) in [6.45, 7) is 4.35. The summed E-state index contributed by atoms with van der Waals surface area (Å²) >= 11 is 0. The summed E-state index contributed by atoms with van der Waals surface area (Å²) in [4.78, 5) is 4.49. The molecule has 0 aliphatic heterocycles. The van der Waals surface area contributed by atoms with Crippen molar-refractivity contribution in [3.63, 3.8) is 0 Å². The van der Waals surface area contributed by atoms with Crippen LogP contribution in [-0.2, 0) is 0 Å². The predicted octanol–water partition coefficient (Wildman–Crippen LogP) is 4.93. The highest BCUT2D eigenvalue weighted by molar-refractivity contribution is 5.70. The normalized spacial score (nSPS) is 11.1. The van der Waals surface area contributed by atoms with Crippen LogP contribution in [0, 0.1) is 0 Å². The van der Waals surface area contributed by atoms with Crippen LogP contribution >= 0.6 is 0 Å². The van der Waals surface area contributed by atoms with Gasteiger partial charge in [-0.3, -0.25) is 5.10 Å². The fraction of sp³-hybridized carbons (Fsp3) is 0.227. The molecule has 0 aliphatic carbocycles. The number of ether oxygens (including phenoxy) is 2. The molecule has 0 fully saturated rings. The van der Waals surface area contributed by atoms with Gasteiger partial charge in [-0.05, 0) is 29.7 Å². The van der Waals surface area contributed by atoms with E-state index < -0.39 is 0 Å². The van der Waals surface area contributed by atoms with Gasteiger partial charge in [0.25, 0.3) is 5.89 Å². The van der Waals surface area contributed by atoms with Gasteiger partial charge in [0, 0.05) is 5.56 Å². The van der Waals surface area contributed by atoms with E-state index in [1.807, 2.05) is 24.3 Å². The van der Waals surface area contributed by atoms with Crippen molar-refractivity contribution in [3.8, 4) is 45.7 Å². The van der Waals surface area contributed by atoms with Crippen molar-refractivity contribution in [2.45, 2.75) is 19.8 Å². The summed E-state index contributed by atoms with van der Waals surface area (Å²) in [5.74, 6) is 2.41. The zero-order chi connectivity index (χ0) is 20.4. The molecule has 0 saturated heterocycles. The Morgan fingerprint density at radius 3 is 2.48 bits per heavy atom. The molecule has 0 saturated carbocycles. The molecular formula is C22H22N4O3. The maximum absolute atomic E-state index is 5.46. The molecular weight excluding hydrogens is 368 g/mol. The minimum Gasteiger partial charge on any atom is -0.493 e. The largest absolute Gasteiger partial charge is 0.493 e. The van der Waals surface area contributed by atoms with Crippen LogP contribution < -0.4 is 9.47 Å². The Morgan fingerprint density at radius 2 is 1.79 bits per heavy atom. The molecule has 0 spiro atoms. The number of H-pyrrole nitrogens is 1.